The van der Waals surface area contributed by atoms with Gasteiger partial charge in [-0.3, -0.25) is 10.1 Å². The SMILES string of the molecule is O=C(Nc1nc2c(s1)CCCCC2)c1csc(COc2ccc(F)cc2)n1. The Hall–Kier alpha value is -2.32. The number of benzene rings is 1. The van der Waals surface area contributed by atoms with E-state index in [0.717, 1.165) is 25.0 Å². The molecule has 2 aromatic heterocycles. The molecule has 0 atom stereocenters. The second kappa shape index (κ2) is 8.14. The number of nitrogens with zero attached hydrogens (tertiary/aromatic N) is 2. The van der Waals surface area contributed by atoms with Crippen LogP contribution in [0.25, 0.3) is 0 Å². The smallest absolute Gasteiger partial charge is 0.276 e. The predicted octanol–water partition coefficient (Wildman–Crippen LogP) is 4.84. The molecule has 1 amide bonds. The van der Waals surface area contributed by atoms with E-state index in [-0.39, 0.29) is 18.3 Å². The molecule has 5 nitrogen and oxygen atoms in total. The van der Waals surface area contributed by atoms with E-state index in [1.807, 2.05) is 0 Å². The van der Waals surface area contributed by atoms with Crippen molar-refractivity contribution in [2.24, 2.45) is 0 Å². The maximum absolute atomic E-state index is 12.9. The number of hydrogen-bond acceptors (Lipinski definition) is 6. The van der Waals surface area contributed by atoms with Gasteiger partial charge in [0.15, 0.2) is 5.13 Å². The Kier molecular flexibility index (Phi) is 5.45. The molecule has 8 heteroatoms. The lowest BCUT2D eigenvalue weighted by Gasteiger charge is -2.03. The van der Waals surface area contributed by atoms with Crippen LogP contribution >= 0.6 is 22.7 Å². The van der Waals surface area contributed by atoms with Gasteiger partial charge in [-0.25, -0.2) is 14.4 Å². The minimum atomic E-state index is -0.310. The van der Waals surface area contributed by atoms with Gasteiger partial charge in [0.05, 0.1) is 5.69 Å². The number of amides is 1. The molecule has 27 heavy (non-hydrogen) atoms. The normalized spacial score (nSPS) is 13.7. The van der Waals surface area contributed by atoms with Gasteiger partial charge >= 0.3 is 0 Å². The molecule has 1 aliphatic carbocycles. The number of thiazole rings is 2. The first-order valence-electron chi connectivity index (χ1n) is 8.80. The summed E-state index contributed by atoms with van der Waals surface area (Å²) in [5, 5.41) is 5.89. The van der Waals surface area contributed by atoms with Crippen molar-refractivity contribution < 1.29 is 13.9 Å². The van der Waals surface area contributed by atoms with Crippen molar-refractivity contribution in [1.82, 2.24) is 9.97 Å². The lowest BCUT2D eigenvalue weighted by atomic mass is 10.2. The minimum absolute atomic E-state index is 0.231. The summed E-state index contributed by atoms with van der Waals surface area (Å²) >= 11 is 2.92. The average Bonchev–Trinajstić information content (AvgIpc) is 3.23. The summed E-state index contributed by atoms with van der Waals surface area (Å²) in [7, 11) is 0. The van der Waals surface area contributed by atoms with E-state index in [1.54, 1.807) is 28.8 Å². The van der Waals surface area contributed by atoms with Gasteiger partial charge < -0.3 is 4.74 Å². The van der Waals surface area contributed by atoms with Crippen molar-refractivity contribution in [2.45, 2.75) is 38.7 Å². The Labute approximate surface area is 164 Å². The molecule has 0 aliphatic heterocycles. The summed E-state index contributed by atoms with van der Waals surface area (Å²) < 4.78 is 18.5. The molecule has 4 rings (SSSR count). The van der Waals surface area contributed by atoms with Crippen molar-refractivity contribution in [1.29, 1.82) is 0 Å². The van der Waals surface area contributed by atoms with Gasteiger partial charge in [0, 0.05) is 10.3 Å². The molecule has 1 aromatic carbocycles. The highest BCUT2D eigenvalue weighted by molar-refractivity contribution is 7.16. The Morgan fingerprint density at radius 3 is 2.81 bits per heavy atom. The first-order valence-corrected chi connectivity index (χ1v) is 10.5. The van der Waals surface area contributed by atoms with Gasteiger partial charge in [-0.1, -0.05) is 6.42 Å². The van der Waals surface area contributed by atoms with E-state index >= 15 is 0 Å². The number of carbonyl (C=O) groups excluding carboxylic acids is 1. The number of hydrogen-bond donors (Lipinski definition) is 1. The largest absolute Gasteiger partial charge is 0.486 e. The van der Waals surface area contributed by atoms with E-state index in [4.69, 9.17) is 4.74 Å². The second-order valence-corrected chi connectivity index (χ2v) is 8.30. The van der Waals surface area contributed by atoms with Gasteiger partial charge in [-0.2, -0.15) is 0 Å². The number of fused-ring (bicyclic) bond motifs is 1. The highest BCUT2D eigenvalue weighted by Gasteiger charge is 2.17. The van der Waals surface area contributed by atoms with Crippen molar-refractivity contribution in [3.05, 3.63) is 56.7 Å². The molecule has 3 aromatic rings. The summed E-state index contributed by atoms with van der Waals surface area (Å²) in [4.78, 5) is 22.6. The van der Waals surface area contributed by atoms with Crippen LogP contribution in [-0.4, -0.2) is 15.9 Å². The van der Waals surface area contributed by atoms with Gasteiger partial charge in [-0.05, 0) is 49.9 Å². The number of rotatable bonds is 5. The zero-order valence-corrected chi connectivity index (χ0v) is 16.2. The lowest BCUT2D eigenvalue weighted by Crippen LogP contribution is -2.12. The lowest BCUT2D eigenvalue weighted by molar-refractivity contribution is 0.102. The fourth-order valence-corrected chi connectivity index (χ4v) is 4.63. The summed E-state index contributed by atoms with van der Waals surface area (Å²) in [6.45, 7) is 0.231. The number of aryl methyl sites for hydroxylation is 2. The third kappa shape index (κ3) is 4.51. The molecule has 0 bridgehead atoms. The Bertz CT molecular complexity index is 913. The molecule has 0 unspecified atom stereocenters. The molecule has 0 radical (unpaired) electrons. The van der Waals surface area contributed by atoms with Crippen LogP contribution in [0.5, 0.6) is 5.75 Å². The van der Waals surface area contributed by atoms with Crippen molar-refractivity contribution in [3.63, 3.8) is 0 Å². The van der Waals surface area contributed by atoms with Gasteiger partial charge in [0.1, 0.15) is 28.9 Å². The van der Waals surface area contributed by atoms with E-state index in [9.17, 15) is 9.18 Å². The van der Waals surface area contributed by atoms with Crippen molar-refractivity contribution in [3.8, 4) is 5.75 Å². The fourth-order valence-electron chi connectivity index (χ4n) is 2.90. The first kappa shape index (κ1) is 18.1. The van der Waals surface area contributed by atoms with E-state index in [0.29, 0.717) is 21.6 Å². The zero-order valence-electron chi connectivity index (χ0n) is 14.5. The maximum atomic E-state index is 12.9. The molecule has 0 saturated carbocycles. The molecule has 140 valence electrons. The van der Waals surface area contributed by atoms with Crippen LogP contribution in [0.1, 0.15) is 45.3 Å². The fraction of sp³-hybridized carbons (Fsp3) is 0.316. The third-order valence-corrected chi connectivity index (χ3v) is 6.17. The van der Waals surface area contributed by atoms with E-state index in [1.165, 1.54) is 41.2 Å². The van der Waals surface area contributed by atoms with Crippen LogP contribution in [0.15, 0.2) is 29.6 Å². The van der Waals surface area contributed by atoms with Crippen LogP contribution in [0.4, 0.5) is 9.52 Å². The molecule has 1 aliphatic rings. The summed E-state index contributed by atoms with van der Waals surface area (Å²) in [5.74, 6) is -0.0138. The van der Waals surface area contributed by atoms with Gasteiger partial charge in [-0.15, -0.1) is 22.7 Å². The standard InChI is InChI=1S/C19H18FN3O2S2/c20-12-6-8-13(9-7-12)25-10-17-21-15(11-26-17)18(24)23-19-22-14-4-2-1-3-5-16(14)27-19/h6-9,11H,1-5,10H2,(H,22,23,24). The van der Waals surface area contributed by atoms with Gasteiger partial charge in [0.2, 0.25) is 0 Å². The Balaban J connectivity index is 1.36. The van der Waals surface area contributed by atoms with Crippen LogP contribution in [0.3, 0.4) is 0 Å². The number of halogens is 1. The third-order valence-electron chi connectivity index (χ3n) is 4.28. The monoisotopic (exact) mass is 403 g/mol. The van der Waals surface area contributed by atoms with Crippen LogP contribution in [0, 0.1) is 5.82 Å². The molecule has 0 fully saturated rings. The number of nitrogens with one attached hydrogen (secondary N) is 1. The maximum Gasteiger partial charge on any atom is 0.276 e. The first-order chi connectivity index (χ1) is 13.2. The highest BCUT2D eigenvalue weighted by Crippen LogP contribution is 2.29. The predicted molar refractivity (Wildman–Crippen MR) is 104 cm³/mol. The number of carbonyl (C=O) groups is 1. The summed E-state index contributed by atoms with van der Waals surface area (Å²) in [6, 6.07) is 5.80. The molecule has 2 heterocycles. The zero-order chi connectivity index (χ0) is 18.6. The number of aromatic nitrogens is 2. The Morgan fingerprint density at radius 1 is 1.15 bits per heavy atom. The van der Waals surface area contributed by atoms with Gasteiger partial charge in [0.25, 0.3) is 5.91 Å². The second-order valence-electron chi connectivity index (χ2n) is 6.27. The Morgan fingerprint density at radius 2 is 1.96 bits per heavy atom. The minimum Gasteiger partial charge on any atom is -0.486 e. The van der Waals surface area contributed by atoms with Crippen molar-refractivity contribution >= 4 is 33.7 Å². The van der Waals surface area contributed by atoms with Crippen LogP contribution in [0.2, 0.25) is 0 Å². The molecule has 1 N–H and O–H groups in total. The molecular formula is C19H18FN3O2S2. The molecular weight excluding hydrogens is 385 g/mol. The molecule has 0 spiro atoms. The average molecular weight is 404 g/mol. The highest BCUT2D eigenvalue weighted by atomic mass is 32.1. The van der Waals surface area contributed by atoms with E-state index < -0.39 is 0 Å². The van der Waals surface area contributed by atoms with Crippen molar-refractivity contribution in [2.75, 3.05) is 5.32 Å². The number of ether oxygens (including phenoxy) is 1. The summed E-state index contributed by atoms with van der Waals surface area (Å²) in [5.41, 5.74) is 1.47. The van der Waals surface area contributed by atoms with Crippen LogP contribution < -0.4 is 10.1 Å². The molecule has 0 saturated heterocycles. The number of anilines is 1. The quantitative estimate of drug-likeness (QED) is 0.619. The summed E-state index contributed by atoms with van der Waals surface area (Å²) in [6.07, 6.45) is 5.62. The van der Waals surface area contributed by atoms with Crippen LogP contribution in [-0.2, 0) is 19.4 Å². The topological polar surface area (TPSA) is 64.1 Å². The van der Waals surface area contributed by atoms with E-state index in [2.05, 4.69) is 15.3 Å².